The van der Waals surface area contributed by atoms with E-state index in [0.717, 1.165) is 33.9 Å². The summed E-state index contributed by atoms with van der Waals surface area (Å²) in [7, 11) is 0. The van der Waals surface area contributed by atoms with Crippen LogP contribution in [0.5, 0.6) is 0 Å². The van der Waals surface area contributed by atoms with Gasteiger partial charge in [-0.05, 0) is 71.8 Å². The maximum atomic E-state index is 13.7. The van der Waals surface area contributed by atoms with Crippen molar-refractivity contribution in [1.29, 1.82) is 0 Å². The Hall–Kier alpha value is -3.27. The molecule has 0 amide bonds. The van der Waals surface area contributed by atoms with Gasteiger partial charge in [-0.3, -0.25) is 4.79 Å². The number of anilines is 4. The zero-order chi connectivity index (χ0) is 24.1. The van der Waals surface area contributed by atoms with Gasteiger partial charge >= 0.3 is 0 Å². The quantitative estimate of drug-likeness (QED) is 0.260. The van der Waals surface area contributed by atoms with Gasteiger partial charge in [-0.1, -0.05) is 73.4 Å². The minimum atomic E-state index is -0.386. The van der Waals surface area contributed by atoms with E-state index >= 15 is 0 Å². The molecule has 0 spiro atoms. The van der Waals surface area contributed by atoms with E-state index < -0.39 is 0 Å². The molecule has 34 heavy (non-hydrogen) atoms. The average Bonchev–Trinajstić information content (AvgIpc) is 2.86. The zero-order valence-corrected chi connectivity index (χ0v) is 20.6. The molecule has 0 saturated heterocycles. The molecule has 0 aliphatic rings. The van der Waals surface area contributed by atoms with Gasteiger partial charge in [-0.15, -0.1) is 0 Å². The summed E-state index contributed by atoms with van der Waals surface area (Å²) in [6.45, 7) is 3.85. The first-order chi connectivity index (χ1) is 16.4. The minimum Gasteiger partial charge on any atom is -0.355 e. The number of hydrogen-bond acceptors (Lipinski definition) is 3. The summed E-state index contributed by atoms with van der Waals surface area (Å²) in [5, 5.41) is 8.03. The lowest BCUT2D eigenvalue weighted by Crippen LogP contribution is -2.18. The van der Waals surface area contributed by atoms with Crippen LogP contribution in [0.3, 0.4) is 0 Å². The third kappa shape index (κ3) is 5.61. The van der Waals surface area contributed by atoms with Gasteiger partial charge in [0.1, 0.15) is 5.78 Å². The fourth-order valence-electron chi connectivity index (χ4n) is 4.05. The van der Waals surface area contributed by atoms with Crippen molar-refractivity contribution in [2.45, 2.75) is 25.7 Å². The number of benzene rings is 4. The highest BCUT2D eigenvalue weighted by molar-refractivity contribution is 6.31. The first-order valence-corrected chi connectivity index (χ1v) is 11.9. The highest BCUT2D eigenvalue weighted by Gasteiger charge is 2.27. The molecule has 2 atom stereocenters. The molecular formula is C29H26Cl2N2O. The van der Waals surface area contributed by atoms with Crippen molar-refractivity contribution in [2.24, 2.45) is 0 Å². The Morgan fingerprint density at radius 2 is 1.00 bits per heavy atom. The van der Waals surface area contributed by atoms with Crippen molar-refractivity contribution in [3.63, 3.8) is 0 Å². The predicted molar refractivity (Wildman–Crippen MR) is 144 cm³/mol. The molecule has 0 saturated carbocycles. The maximum Gasteiger partial charge on any atom is 0.147 e. The number of ketones is 1. The van der Waals surface area contributed by atoms with Crippen molar-refractivity contribution in [2.75, 3.05) is 10.6 Å². The molecule has 0 aliphatic heterocycles. The van der Waals surface area contributed by atoms with Crippen LogP contribution in [0.15, 0.2) is 97.1 Å². The topological polar surface area (TPSA) is 41.1 Å². The molecule has 2 unspecified atom stereocenters. The van der Waals surface area contributed by atoms with Crippen LogP contribution in [0.2, 0.25) is 10.0 Å². The predicted octanol–water partition coefficient (Wildman–Crippen LogP) is 8.96. The summed E-state index contributed by atoms with van der Waals surface area (Å²) in [6.07, 6.45) is 0. The summed E-state index contributed by atoms with van der Waals surface area (Å²) in [5.41, 5.74) is 5.32. The summed E-state index contributed by atoms with van der Waals surface area (Å²) in [6, 6.07) is 31.0. The van der Waals surface area contributed by atoms with Crippen LogP contribution in [0, 0.1) is 0 Å². The summed E-state index contributed by atoms with van der Waals surface area (Å²) in [4.78, 5) is 13.7. The molecule has 0 heterocycles. The fraction of sp³-hybridized carbons (Fsp3) is 0.138. The highest BCUT2D eigenvalue weighted by atomic mass is 35.5. The number of halogens is 2. The third-order valence-corrected chi connectivity index (χ3v) is 6.39. The van der Waals surface area contributed by atoms with Crippen LogP contribution in [-0.2, 0) is 4.79 Å². The van der Waals surface area contributed by atoms with E-state index in [2.05, 4.69) is 10.6 Å². The Balaban J connectivity index is 1.64. The lowest BCUT2D eigenvalue weighted by Gasteiger charge is -2.23. The van der Waals surface area contributed by atoms with Gasteiger partial charge in [-0.25, -0.2) is 0 Å². The molecule has 0 bridgehead atoms. The summed E-state index contributed by atoms with van der Waals surface area (Å²) < 4.78 is 0. The molecule has 4 aromatic rings. The van der Waals surface area contributed by atoms with Gasteiger partial charge in [-0.2, -0.15) is 0 Å². The molecule has 0 aromatic heterocycles. The molecule has 0 fully saturated rings. The van der Waals surface area contributed by atoms with Crippen molar-refractivity contribution >= 4 is 51.7 Å². The normalized spacial score (nSPS) is 12.6. The van der Waals surface area contributed by atoms with Crippen LogP contribution in [0.4, 0.5) is 22.7 Å². The smallest absolute Gasteiger partial charge is 0.147 e. The van der Waals surface area contributed by atoms with Crippen molar-refractivity contribution < 1.29 is 4.79 Å². The first kappa shape index (κ1) is 23.9. The van der Waals surface area contributed by atoms with Crippen LogP contribution in [0.25, 0.3) is 0 Å². The third-order valence-electron chi connectivity index (χ3n) is 5.92. The minimum absolute atomic E-state index is 0.0803. The van der Waals surface area contributed by atoms with Gasteiger partial charge < -0.3 is 10.6 Å². The van der Waals surface area contributed by atoms with E-state index in [1.54, 1.807) is 0 Å². The van der Waals surface area contributed by atoms with Crippen LogP contribution >= 0.6 is 23.2 Å². The monoisotopic (exact) mass is 488 g/mol. The molecule has 5 heteroatoms. The Labute approximate surface area is 210 Å². The Morgan fingerprint density at radius 3 is 1.38 bits per heavy atom. The Kier molecular flexibility index (Phi) is 7.56. The van der Waals surface area contributed by atoms with E-state index in [4.69, 9.17) is 23.2 Å². The van der Waals surface area contributed by atoms with Crippen LogP contribution in [-0.4, -0.2) is 5.78 Å². The van der Waals surface area contributed by atoms with Gasteiger partial charge in [0, 0.05) is 44.6 Å². The second-order valence-corrected chi connectivity index (χ2v) is 9.16. The summed E-state index contributed by atoms with van der Waals surface area (Å²) in [5.74, 6) is -0.691. The lowest BCUT2D eigenvalue weighted by atomic mass is 9.84. The van der Waals surface area contributed by atoms with Crippen molar-refractivity contribution in [3.8, 4) is 0 Å². The number of nitrogens with one attached hydrogen (secondary N) is 2. The Morgan fingerprint density at radius 1 is 0.618 bits per heavy atom. The molecule has 172 valence electrons. The van der Waals surface area contributed by atoms with E-state index in [1.165, 1.54) is 0 Å². The van der Waals surface area contributed by atoms with Crippen LogP contribution < -0.4 is 10.6 Å². The van der Waals surface area contributed by atoms with E-state index in [9.17, 15) is 4.79 Å². The second-order valence-electron chi connectivity index (χ2n) is 8.29. The number of carbonyl (C=O) groups excluding carboxylic acids is 1. The zero-order valence-electron chi connectivity index (χ0n) is 19.1. The number of rotatable bonds is 8. The second kappa shape index (κ2) is 10.8. The molecular weight excluding hydrogens is 463 g/mol. The van der Waals surface area contributed by atoms with E-state index in [-0.39, 0.29) is 17.6 Å². The van der Waals surface area contributed by atoms with Gasteiger partial charge in [0.2, 0.25) is 0 Å². The summed E-state index contributed by atoms with van der Waals surface area (Å²) >= 11 is 12.7. The van der Waals surface area contributed by atoms with Crippen molar-refractivity contribution in [1.82, 2.24) is 0 Å². The SMILES string of the molecule is CC(C(=O)C(C)c1cc(Cl)ccc1Nc1ccccc1)c1cc(Cl)ccc1Nc1ccccc1. The van der Waals surface area contributed by atoms with Gasteiger partial charge in [0.05, 0.1) is 0 Å². The van der Waals surface area contributed by atoms with Crippen molar-refractivity contribution in [3.05, 3.63) is 118 Å². The number of Topliss-reactive ketones (excluding diaryl/α,β-unsaturated/α-hetero) is 1. The molecule has 4 aromatic carbocycles. The highest BCUT2D eigenvalue weighted by Crippen LogP contribution is 2.37. The largest absolute Gasteiger partial charge is 0.355 e. The average molecular weight is 489 g/mol. The van der Waals surface area contributed by atoms with E-state index in [1.807, 2.05) is 111 Å². The molecule has 2 N–H and O–H groups in total. The first-order valence-electron chi connectivity index (χ1n) is 11.2. The molecule has 0 radical (unpaired) electrons. The van der Waals surface area contributed by atoms with Gasteiger partial charge in [0.25, 0.3) is 0 Å². The fourth-order valence-corrected chi connectivity index (χ4v) is 4.41. The number of para-hydroxylation sites is 2. The van der Waals surface area contributed by atoms with Crippen LogP contribution in [0.1, 0.15) is 36.8 Å². The number of hydrogen-bond donors (Lipinski definition) is 2. The molecule has 4 rings (SSSR count). The molecule has 0 aliphatic carbocycles. The molecule has 3 nitrogen and oxygen atoms in total. The van der Waals surface area contributed by atoms with Gasteiger partial charge in [0.15, 0.2) is 0 Å². The maximum absolute atomic E-state index is 13.7. The van der Waals surface area contributed by atoms with E-state index in [0.29, 0.717) is 10.0 Å². The standard InChI is InChI=1S/C29H26Cl2N2O/c1-19(25-17-21(30)13-15-27(25)32-23-9-5-3-6-10-23)29(34)20(2)26-18-22(31)14-16-28(26)33-24-11-7-4-8-12-24/h3-20,32-33H,1-2H3. The lowest BCUT2D eigenvalue weighted by molar-refractivity contribution is -0.121. The number of carbonyl (C=O) groups is 1. The Bertz CT molecular complexity index is 1180.